The second-order valence-corrected chi connectivity index (χ2v) is 2.83. The Labute approximate surface area is 61.4 Å². The molecule has 0 saturated heterocycles. The van der Waals surface area contributed by atoms with Crippen molar-refractivity contribution in [1.82, 2.24) is 0 Å². The molecule has 0 saturated carbocycles. The van der Waals surface area contributed by atoms with E-state index in [0.717, 1.165) is 13.0 Å². The highest BCUT2D eigenvalue weighted by atomic mass is 16.5. The maximum atomic E-state index is 5.53. The van der Waals surface area contributed by atoms with Crippen LogP contribution in [0, 0.1) is 0 Å². The van der Waals surface area contributed by atoms with E-state index in [-0.39, 0.29) is 0 Å². The van der Waals surface area contributed by atoms with Gasteiger partial charge in [-0.25, -0.2) is 0 Å². The monoisotopic (exact) mass is 136 g/mol. The van der Waals surface area contributed by atoms with Gasteiger partial charge in [-0.2, -0.15) is 0 Å². The molecule has 0 aromatic rings. The molecule has 0 amide bonds. The van der Waals surface area contributed by atoms with Crippen molar-refractivity contribution in [2.24, 2.45) is 0 Å². The maximum absolute atomic E-state index is 5.53. The van der Waals surface area contributed by atoms with Crippen LogP contribution in [0.15, 0.2) is 23.8 Å². The summed E-state index contributed by atoms with van der Waals surface area (Å²) in [5, 5.41) is 0. The van der Waals surface area contributed by atoms with Gasteiger partial charge in [0.2, 0.25) is 0 Å². The summed E-state index contributed by atoms with van der Waals surface area (Å²) in [7, 11) is 0. The number of hydrogen-bond donors (Lipinski definition) is 0. The zero-order chi connectivity index (χ0) is 6.81. The molecule has 2 rings (SSSR count). The SMILES string of the molecule is C1=CC2OCCC=C2CC1. The van der Waals surface area contributed by atoms with Gasteiger partial charge in [-0.3, -0.25) is 0 Å². The topological polar surface area (TPSA) is 9.23 Å². The normalized spacial score (nSPS) is 31.2. The smallest absolute Gasteiger partial charge is 0.0966 e. The van der Waals surface area contributed by atoms with Gasteiger partial charge in [0.15, 0.2) is 0 Å². The fourth-order valence-corrected chi connectivity index (χ4v) is 1.56. The lowest BCUT2D eigenvalue weighted by Crippen LogP contribution is -2.20. The lowest BCUT2D eigenvalue weighted by molar-refractivity contribution is 0.0968. The molecule has 2 aliphatic rings. The molecule has 1 heterocycles. The molecule has 1 atom stereocenters. The molecule has 0 aromatic heterocycles. The molecule has 0 bridgehead atoms. The van der Waals surface area contributed by atoms with Crippen LogP contribution in [-0.2, 0) is 4.74 Å². The van der Waals surface area contributed by atoms with E-state index in [9.17, 15) is 0 Å². The van der Waals surface area contributed by atoms with Gasteiger partial charge in [0, 0.05) is 0 Å². The zero-order valence-corrected chi connectivity index (χ0v) is 6.05. The average molecular weight is 136 g/mol. The molecule has 1 aliphatic carbocycles. The molecule has 1 heteroatoms. The predicted octanol–water partition coefficient (Wildman–Crippen LogP) is 2.05. The van der Waals surface area contributed by atoms with Crippen LogP contribution < -0.4 is 0 Å². The van der Waals surface area contributed by atoms with Crippen LogP contribution in [0.5, 0.6) is 0 Å². The van der Waals surface area contributed by atoms with Crippen LogP contribution in [0.4, 0.5) is 0 Å². The first-order valence-electron chi connectivity index (χ1n) is 3.94. The van der Waals surface area contributed by atoms with Gasteiger partial charge in [-0.15, -0.1) is 0 Å². The van der Waals surface area contributed by atoms with Crippen LogP contribution in [0.25, 0.3) is 0 Å². The van der Waals surface area contributed by atoms with E-state index in [1.807, 2.05) is 0 Å². The highest BCUT2D eigenvalue weighted by Crippen LogP contribution is 2.24. The number of ether oxygens (including phenoxy) is 1. The van der Waals surface area contributed by atoms with Crippen LogP contribution in [0.3, 0.4) is 0 Å². The summed E-state index contributed by atoms with van der Waals surface area (Å²) >= 11 is 0. The summed E-state index contributed by atoms with van der Waals surface area (Å²) in [6, 6.07) is 0. The highest BCUT2D eigenvalue weighted by Gasteiger charge is 2.16. The van der Waals surface area contributed by atoms with E-state index >= 15 is 0 Å². The molecule has 0 aromatic carbocycles. The van der Waals surface area contributed by atoms with E-state index in [0.29, 0.717) is 6.10 Å². The second-order valence-electron chi connectivity index (χ2n) is 2.83. The van der Waals surface area contributed by atoms with E-state index < -0.39 is 0 Å². The fraction of sp³-hybridized carbons (Fsp3) is 0.556. The lowest BCUT2D eigenvalue weighted by Gasteiger charge is -2.24. The molecule has 1 aliphatic heterocycles. The first-order chi connectivity index (χ1) is 4.97. The number of rotatable bonds is 0. The van der Waals surface area contributed by atoms with Gasteiger partial charge in [-0.05, 0) is 24.8 Å². The van der Waals surface area contributed by atoms with Gasteiger partial charge >= 0.3 is 0 Å². The average Bonchev–Trinajstić information content (AvgIpc) is 2.05. The van der Waals surface area contributed by atoms with Crippen molar-refractivity contribution >= 4 is 0 Å². The Bertz CT molecular complexity index is 179. The van der Waals surface area contributed by atoms with E-state index in [1.165, 1.54) is 18.4 Å². The first-order valence-corrected chi connectivity index (χ1v) is 3.94. The number of fused-ring (bicyclic) bond motifs is 1. The molecular formula is C9H12O. The molecule has 10 heavy (non-hydrogen) atoms. The van der Waals surface area contributed by atoms with Crippen LogP contribution in [-0.4, -0.2) is 12.7 Å². The van der Waals surface area contributed by atoms with Gasteiger partial charge in [-0.1, -0.05) is 18.2 Å². The predicted molar refractivity (Wildman–Crippen MR) is 40.8 cm³/mol. The van der Waals surface area contributed by atoms with Crippen molar-refractivity contribution < 1.29 is 4.74 Å². The number of hydrogen-bond acceptors (Lipinski definition) is 1. The molecule has 54 valence electrons. The van der Waals surface area contributed by atoms with Crippen LogP contribution >= 0.6 is 0 Å². The standard InChI is InChI=1S/C9H12O/c1-2-6-9-8(4-1)5-3-7-10-9/h2,5-6,9H,1,3-4,7H2. The van der Waals surface area contributed by atoms with Gasteiger partial charge in [0.1, 0.15) is 0 Å². The Hall–Kier alpha value is -0.560. The summed E-state index contributed by atoms with van der Waals surface area (Å²) < 4.78 is 5.53. The van der Waals surface area contributed by atoms with Gasteiger partial charge < -0.3 is 4.74 Å². The van der Waals surface area contributed by atoms with Crippen molar-refractivity contribution in [2.75, 3.05) is 6.61 Å². The quantitative estimate of drug-likeness (QED) is 0.463. The molecule has 1 unspecified atom stereocenters. The summed E-state index contributed by atoms with van der Waals surface area (Å²) in [6.45, 7) is 0.901. The Morgan fingerprint density at radius 3 is 3.30 bits per heavy atom. The largest absolute Gasteiger partial charge is 0.369 e. The van der Waals surface area contributed by atoms with Gasteiger partial charge in [0.25, 0.3) is 0 Å². The Morgan fingerprint density at radius 1 is 1.40 bits per heavy atom. The van der Waals surface area contributed by atoms with Crippen LogP contribution in [0.1, 0.15) is 19.3 Å². The summed E-state index contributed by atoms with van der Waals surface area (Å²) in [5.41, 5.74) is 1.49. The Kier molecular flexibility index (Phi) is 1.60. The molecule has 1 nitrogen and oxygen atoms in total. The molecule has 0 radical (unpaired) electrons. The van der Waals surface area contributed by atoms with Crippen molar-refractivity contribution in [1.29, 1.82) is 0 Å². The molecule has 0 N–H and O–H groups in total. The first kappa shape index (κ1) is 6.17. The van der Waals surface area contributed by atoms with Crippen molar-refractivity contribution in [3.05, 3.63) is 23.8 Å². The van der Waals surface area contributed by atoms with E-state index in [4.69, 9.17) is 4.74 Å². The zero-order valence-electron chi connectivity index (χ0n) is 6.05. The van der Waals surface area contributed by atoms with Crippen molar-refractivity contribution in [3.63, 3.8) is 0 Å². The fourth-order valence-electron chi connectivity index (χ4n) is 1.56. The second kappa shape index (κ2) is 2.59. The van der Waals surface area contributed by atoms with Gasteiger partial charge in [0.05, 0.1) is 12.7 Å². The third-order valence-electron chi connectivity index (χ3n) is 2.10. The van der Waals surface area contributed by atoms with E-state index in [2.05, 4.69) is 18.2 Å². The van der Waals surface area contributed by atoms with E-state index in [1.54, 1.807) is 0 Å². The summed E-state index contributed by atoms with van der Waals surface area (Å²) in [4.78, 5) is 0. The third-order valence-corrected chi connectivity index (χ3v) is 2.10. The minimum atomic E-state index is 0.336. The Morgan fingerprint density at radius 2 is 2.40 bits per heavy atom. The minimum absolute atomic E-state index is 0.336. The van der Waals surface area contributed by atoms with Crippen LogP contribution in [0.2, 0.25) is 0 Å². The number of allylic oxidation sites excluding steroid dienone is 1. The summed E-state index contributed by atoms with van der Waals surface area (Å²) in [5.74, 6) is 0. The minimum Gasteiger partial charge on any atom is -0.369 e. The third kappa shape index (κ3) is 1.01. The molecule has 0 spiro atoms. The maximum Gasteiger partial charge on any atom is 0.0966 e. The lowest BCUT2D eigenvalue weighted by atomic mass is 9.96. The highest BCUT2D eigenvalue weighted by molar-refractivity contribution is 5.21. The van der Waals surface area contributed by atoms with Crippen molar-refractivity contribution in [3.8, 4) is 0 Å². The molecule has 0 fully saturated rings. The summed E-state index contributed by atoms with van der Waals surface area (Å²) in [6.07, 6.45) is 10.6. The Balaban J connectivity index is 2.20. The molecular weight excluding hydrogens is 124 g/mol. The van der Waals surface area contributed by atoms with Crippen molar-refractivity contribution in [2.45, 2.75) is 25.4 Å².